The Bertz CT molecular complexity index is 1380. The molecule has 10 nitrogen and oxygen atoms in total. The molecule has 2 aromatic rings. The fraction of sp³-hybridized carbons (Fsp3) is 0.357. The fourth-order valence-corrected chi connectivity index (χ4v) is 5.35. The highest BCUT2D eigenvalue weighted by molar-refractivity contribution is 6.31. The van der Waals surface area contributed by atoms with E-state index >= 15 is 0 Å². The van der Waals surface area contributed by atoms with Crippen molar-refractivity contribution in [3.8, 4) is 11.5 Å². The van der Waals surface area contributed by atoms with Crippen molar-refractivity contribution in [3.63, 3.8) is 0 Å². The van der Waals surface area contributed by atoms with E-state index in [0.29, 0.717) is 34.9 Å². The molecule has 1 heterocycles. The molecule has 1 aliphatic heterocycles. The molecule has 1 aliphatic carbocycles. The van der Waals surface area contributed by atoms with Gasteiger partial charge in [0.2, 0.25) is 0 Å². The number of nitrogens with zero attached hydrogens (tertiary/aromatic N) is 1. The molecule has 0 saturated carbocycles. The first kappa shape index (κ1) is 28.1. The predicted octanol–water partition coefficient (Wildman–Crippen LogP) is 4.82. The van der Waals surface area contributed by atoms with Gasteiger partial charge in [0.1, 0.15) is 6.61 Å². The van der Waals surface area contributed by atoms with Crippen molar-refractivity contribution in [1.29, 1.82) is 0 Å². The van der Waals surface area contributed by atoms with Crippen LogP contribution in [0.1, 0.15) is 42.7 Å². The Morgan fingerprint density at radius 1 is 1.08 bits per heavy atom. The summed E-state index contributed by atoms with van der Waals surface area (Å²) < 4.78 is 21.2. The van der Waals surface area contributed by atoms with E-state index in [0.717, 1.165) is 5.56 Å². The topological polar surface area (TPSA) is 126 Å². The number of non-ortho nitro benzene ring substituents is 1. The minimum absolute atomic E-state index is 0.00271. The average molecular weight is 557 g/mol. The molecule has 0 spiro atoms. The number of Topliss-reactive ketones (excluding diaryl/α,β-unsaturated/α-hetero) is 1. The van der Waals surface area contributed by atoms with Crippen molar-refractivity contribution in [2.24, 2.45) is 0 Å². The van der Waals surface area contributed by atoms with E-state index in [1.165, 1.54) is 25.3 Å². The standard InChI is InChI=1S/C28H29ClN2O8/c1-15-25(28(33)39-10-9-36-2)26(19-14-18(31(34)35)6-7-20(19)29)27-21(30-15)11-17(12-22(27)32)16-5-8-23(37-3)24(13-16)38-4/h5-8,13-14,17,26,30H,9-12H2,1-4H3/t17-,26-/m0/s1. The van der Waals surface area contributed by atoms with Crippen molar-refractivity contribution in [2.75, 3.05) is 34.5 Å². The molecule has 39 heavy (non-hydrogen) atoms. The van der Waals surface area contributed by atoms with Crippen molar-refractivity contribution in [3.05, 3.63) is 85.2 Å². The number of hydrogen-bond donors (Lipinski definition) is 1. The molecule has 0 radical (unpaired) electrons. The molecule has 0 aromatic heterocycles. The van der Waals surface area contributed by atoms with Gasteiger partial charge in [-0.15, -0.1) is 0 Å². The maximum atomic E-state index is 13.8. The zero-order valence-electron chi connectivity index (χ0n) is 22.0. The van der Waals surface area contributed by atoms with Crippen LogP contribution in [0.2, 0.25) is 5.02 Å². The number of ketones is 1. The van der Waals surface area contributed by atoms with E-state index in [1.807, 2.05) is 12.1 Å². The summed E-state index contributed by atoms with van der Waals surface area (Å²) in [5.74, 6) is -0.848. The van der Waals surface area contributed by atoms with Gasteiger partial charge in [0.05, 0.1) is 31.3 Å². The quantitative estimate of drug-likeness (QED) is 0.200. The van der Waals surface area contributed by atoms with E-state index < -0.39 is 16.8 Å². The summed E-state index contributed by atoms with van der Waals surface area (Å²) in [6, 6.07) is 9.53. The van der Waals surface area contributed by atoms with Crippen LogP contribution in [0.25, 0.3) is 0 Å². The Morgan fingerprint density at radius 2 is 1.82 bits per heavy atom. The molecule has 0 bridgehead atoms. The third kappa shape index (κ3) is 5.62. The van der Waals surface area contributed by atoms with Crippen molar-refractivity contribution in [2.45, 2.75) is 31.6 Å². The van der Waals surface area contributed by atoms with Gasteiger partial charge in [0.25, 0.3) is 5.69 Å². The zero-order chi connectivity index (χ0) is 28.3. The maximum absolute atomic E-state index is 13.8. The van der Waals surface area contributed by atoms with Gasteiger partial charge in [-0.25, -0.2) is 4.79 Å². The van der Waals surface area contributed by atoms with Crippen molar-refractivity contribution in [1.82, 2.24) is 5.32 Å². The molecule has 2 aliphatic rings. The molecule has 0 saturated heterocycles. The highest BCUT2D eigenvalue weighted by Crippen LogP contribution is 2.48. The van der Waals surface area contributed by atoms with E-state index in [1.54, 1.807) is 27.2 Å². The Labute approximate surface area is 230 Å². The number of methoxy groups -OCH3 is 3. The van der Waals surface area contributed by atoms with Crippen LogP contribution in [0.3, 0.4) is 0 Å². The van der Waals surface area contributed by atoms with Gasteiger partial charge in [-0.2, -0.15) is 0 Å². The largest absolute Gasteiger partial charge is 0.493 e. The highest BCUT2D eigenvalue weighted by Gasteiger charge is 2.42. The summed E-state index contributed by atoms with van der Waals surface area (Å²) in [7, 11) is 4.58. The smallest absolute Gasteiger partial charge is 0.336 e. The number of esters is 1. The second kappa shape index (κ2) is 11.9. The fourth-order valence-electron chi connectivity index (χ4n) is 5.12. The van der Waals surface area contributed by atoms with Crippen molar-refractivity contribution >= 4 is 29.0 Å². The Hall–Kier alpha value is -3.89. The summed E-state index contributed by atoms with van der Waals surface area (Å²) in [6.07, 6.45) is 0.618. The summed E-state index contributed by atoms with van der Waals surface area (Å²) >= 11 is 6.55. The molecular formula is C28H29ClN2O8. The number of benzene rings is 2. The SMILES string of the molecule is COCCOC(=O)C1=C(C)NC2=C(C(=O)C[C@@H](c3ccc(OC)c(OC)c3)C2)[C@H]1c1cc([N+](=O)[O-])ccc1Cl. The lowest BCUT2D eigenvalue weighted by molar-refractivity contribution is -0.384. The van der Waals surface area contributed by atoms with Crippen LogP contribution in [-0.4, -0.2) is 51.2 Å². The number of nitro benzene ring substituents is 1. The molecule has 4 rings (SSSR count). The Balaban J connectivity index is 1.81. The van der Waals surface area contributed by atoms with Gasteiger partial charge in [0.15, 0.2) is 17.3 Å². The van der Waals surface area contributed by atoms with E-state index in [2.05, 4.69) is 5.32 Å². The van der Waals surface area contributed by atoms with Crippen LogP contribution >= 0.6 is 11.6 Å². The molecule has 11 heteroatoms. The van der Waals surface area contributed by atoms with Gasteiger partial charge in [-0.05, 0) is 48.6 Å². The third-order valence-electron chi connectivity index (χ3n) is 6.95. The second-order valence-electron chi connectivity index (χ2n) is 9.22. The van der Waals surface area contributed by atoms with Gasteiger partial charge in [-0.3, -0.25) is 14.9 Å². The minimum Gasteiger partial charge on any atom is -0.493 e. The Kier molecular flexibility index (Phi) is 8.57. The molecule has 1 N–H and O–H groups in total. The van der Waals surface area contributed by atoms with Gasteiger partial charge in [0, 0.05) is 53.6 Å². The highest BCUT2D eigenvalue weighted by atomic mass is 35.5. The second-order valence-corrected chi connectivity index (χ2v) is 9.63. The first-order valence-electron chi connectivity index (χ1n) is 12.3. The van der Waals surface area contributed by atoms with Crippen molar-refractivity contribution < 1.29 is 33.5 Å². The summed E-state index contributed by atoms with van der Waals surface area (Å²) in [6.45, 7) is 1.90. The van der Waals surface area contributed by atoms with Crippen LogP contribution in [0.4, 0.5) is 5.69 Å². The lowest BCUT2D eigenvalue weighted by Crippen LogP contribution is -2.36. The number of dihydropyridines is 1. The maximum Gasteiger partial charge on any atom is 0.336 e. The summed E-state index contributed by atoms with van der Waals surface area (Å²) in [5.41, 5.74) is 2.60. The monoisotopic (exact) mass is 556 g/mol. The van der Waals surface area contributed by atoms with E-state index in [9.17, 15) is 19.7 Å². The predicted molar refractivity (Wildman–Crippen MR) is 143 cm³/mol. The van der Waals surface area contributed by atoms with Gasteiger partial charge in [-0.1, -0.05) is 17.7 Å². The number of rotatable bonds is 9. The summed E-state index contributed by atoms with van der Waals surface area (Å²) in [4.78, 5) is 38.1. The molecule has 0 amide bonds. The third-order valence-corrected chi connectivity index (χ3v) is 7.29. The number of carbonyl (C=O) groups is 2. The van der Waals surface area contributed by atoms with Gasteiger partial charge >= 0.3 is 5.97 Å². The van der Waals surface area contributed by atoms with E-state index in [-0.39, 0.29) is 53.2 Å². The first-order chi connectivity index (χ1) is 18.7. The number of ether oxygens (including phenoxy) is 4. The molecule has 2 aromatic carbocycles. The van der Waals surface area contributed by atoms with E-state index in [4.69, 9.17) is 30.5 Å². The van der Waals surface area contributed by atoms with Crippen LogP contribution in [0, 0.1) is 10.1 Å². The first-order valence-corrected chi connectivity index (χ1v) is 12.6. The number of nitro groups is 1. The van der Waals surface area contributed by atoms with Crippen LogP contribution < -0.4 is 14.8 Å². The molecule has 0 fully saturated rings. The normalized spacial score (nSPS) is 18.8. The lowest BCUT2D eigenvalue weighted by Gasteiger charge is -2.37. The number of nitrogens with one attached hydrogen (secondary N) is 1. The average Bonchev–Trinajstić information content (AvgIpc) is 2.91. The molecule has 0 unspecified atom stereocenters. The summed E-state index contributed by atoms with van der Waals surface area (Å²) in [5, 5.41) is 15.0. The zero-order valence-corrected chi connectivity index (χ0v) is 22.8. The number of carbonyl (C=O) groups excluding carboxylic acids is 2. The van der Waals surface area contributed by atoms with Crippen LogP contribution in [-0.2, 0) is 19.1 Å². The minimum atomic E-state index is -0.942. The van der Waals surface area contributed by atoms with Crippen LogP contribution in [0.15, 0.2) is 58.9 Å². The lowest BCUT2D eigenvalue weighted by atomic mass is 9.71. The van der Waals surface area contributed by atoms with Gasteiger partial charge < -0.3 is 24.3 Å². The molecule has 2 atom stereocenters. The molecule has 206 valence electrons. The number of allylic oxidation sites excluding steroid dienone is 3. The molecular weight excluding hydrogens is 528 g/mol. The Morgan fingerprint density at radius 3 is 2.49 bits per heavy atom. The van der Waals surface area contributed by atoms with Crippen LogP contribution in [0.5, 0.6) is 11.5 Å². The number of hydrogen-bond acceptors (Lipinski definition) is 9. The number of halogens is 1.